The lowest BCUT2D eigenvalue weighted by Gasteiger charge is -2.04. The second kappa shape index (κ2) is 5.77. The summed E-state index contributed by atoms with van der Waals surface area (Å²) in [7, 11) is 0. The minimum Gasteiger partial charge on any atom is -0.472 e. The minimum atomic E-state index is 0.00482. The normalized spacial score (nSPS) is 14.0. The van der Waals surface area contributed by atoms with E-state index in [1.54, 1.807) is 16.9 Å². The fourth-order valence-electron chi connectivity index (χ4n) is 1.89. The lowest BCUT2D eigenvalue weighted by atomic mass is 10.2. The van der Waals surface area contributed by atoms with E-state index >= 15 is 0 Å². The smallest absolute Gasteiger partial charge is 0.241 e. The molecule has 5 nitrogen and oxygen atoms in total. The van der Waals surface area contributed by atoms with Crippen LogP contribution in [-0.4, -0.2) is 21.7 Å². The molecule has 1 N–H and O–H groups in total. The van der Waals surface area contributed by atoms with E-state index in [-0.39, 0.29) is 12.5 Å². The molecule has 1 aromatic carbocycles. The number of nitrogens with zero attached hydrogens (tertiary/aromatic N) is 2. The fraction of sp³-hybridized carbons (Fsp3) is 0.333. The third-order valence-electron chi connectivity index (χ3n) is 3.09. The molecule has 5 heteroatoms. The van der Waals surface area contributed by atoms with Crippen LogP contribution in [0.5, 0.6) is 5.88 Å². The van der Waals surface area contributed by atoms with Crippen molar-refractivity contribution in [1.29, 1.82) is 0 Å². The molecule has 1 aliphatic rings. The summed E-state index contributed by atoms with van der Waals surface area (Å²) in [4.78, 5) is 11.6. The standard InChI is InChI=1S/C15H17N3O2/c19-14(16-13-6-7-13)10-18-9-8-15(17-18)20-11-12-4-2-1-3-5-12/h1-5,8-9,13H,6-7,10-11H2,(H,16,19). The zero-order valence-electron chi connectivity index (χ0n) is 11.2. The van der Waals surface area contributed by atoms with E-state index in [9.17, 15) is 4.79 Å². The molecular weight excluding hydrogens is 254 g/mol. The van der Waals surface area contributed by atoms with Gasteiger partial charge in [0.1, 0.15) is 13.2 Å². The Bertz CT molecular complexity index is 576. The fourth-order valence-corrected chi connectivity index (χ4v) is 1.89. The van der Waals surface area contributed by atoms with Gasteiger partial charge < -0.3 is 10.1 Å². The largest absolute Gasteiger partial charge is 0.472 e. The predicted octanol–water partition coefficient (Wildman–Crippen LogP) is 1.74. The molecule has 1 heterocycles. The first-order valence-electron chi connectivity index (χ1n) is 6.79. The minimum absolute atomic E-state index is 0.00482. The Labute approximate surface area is 117 Å². The Morgan fingerprint density at radius 3 is 2.85 bits per heavy atom. The van der Waals surface area contributed by atoms with Crippen LogP contribution in [-0.2, 0) is 17.9 Å². The van der Waals surface area contributed by atoms with Crippen LogP contribution >= 0.6 is 0 Å². The van der Waals surface area contributed by atoms with Gasteiger partial charge in [-0.1, -0.05) is 30.3 Å². The lowest BCUT2D eigenvalue weighted by Crippen LogP contribution is -2.29. The molecule has 0 saturated heterocycles. The van der Waals surface area contributed by atoms with Crippen LogP contribution < -0.4 is 10.1 Å². The number of benzene rings is 1. The molecule has 1 aliphatic carbocycles. The Morgan fingerprint density at radius 2 is 2.10 bits per heavy atom. The number of amides is 1. The summed E-state index contributed by atoms with van der Waals surface area (Å²) in [5, 5.41) is 7.16. The number of ether oxygens (including phenoxy) is 1. The van der Waals surface area contributed by atoms with E-state index in [1.165, 1.54) is 0 Å². The highest BCUT2D eigenvalue weighted by atomic mass is 16.5. The molecule has 0 radical (unpaired) electrons. The van der Waals surface area contributed by atoms with Gasteiger partial charge >= 0.3 is 0 Å². The molecule has 0 bridgehead atoms. The monoisotopic (exact) mass is 271 g/mol. The van der Waals surface area contributed by atoms with E-state index in [0.29, 0.717) is 18.5 Å². The summed E-state index contributed by atoms with van der Waals surface area (Å²) >= 11 is 0. The molecule has 0 atom stereocenters. The maximum absolute atomic E-state index is 11.6. The number of hydrogen-bond acceptors (Lipinski definition) is 3. The van der Waals surface area contributed by atoms with E-state index in [0.717, 1.165) is 18.4 Å². The number of carbonyl (C=O) groups excluding carboxylic acids is 1. The van der Waals surface area contributed by atoms with Gasteiger partial charge in [0.15, 0.2) is 0 Å². The maximum atomic E-state index is 11.6. The van der Waals surface area contributed by atoms with Crippen molar-refractivity contribution in [3.05, 3.63) is 48.2 Å². The molecule has 2 aromatic rings. The molecule has 1 saturated carbocycles. The van der Waals surface area contributed by atoms with Crippen molar-refractivity contribution in [3.63, 3.8) is 0 Å². The summed E-state index contributed by atoms with van der Waals surface area (Å²) in [6.45, 7) is 0.720. The van der Waals surface area contributed by atoms with Crippen LogP contribution in [0, 0.1) is 0 Å². The first kappa shape index (κ1) is 12.7. The van der Waals surface area contributed by atoms with Gasteiger partial charge in [0, 0.05) is 18.3 Å². The molecule has 1 aromatic heterocycles. The van der Waals surface area contributed by atoms with Gasteiger partial charge in [0.05, 0.1) is 0 Å². The maximum Gasteiger partial charge on any atom is 0.241 e. The van der Waals surface area contributed by atoms with Crippen molar-refractivity contribution in [2.24, 2.45) is 0 Å². The van der Waals surface area contributed by atoms with Crippen molar-refractivity contribution in [2.75, 3.05) is 0 Å². The van der Waals surface area contributed by atoms with Gasteiger partial charge in [-0.2, -0.15) is 0 Å². The molecule has 0 aliphatic heterocycles. The molecular formula is C15H17N3O2. The second-order valence-electron chi connectivity index (χ2n) is 4.97. The van der Waals surface area contributed by atoms with Gasteiger partial charge in [-0.05, 0) is 18.4 Å². The summed E-state index contributed by atoms with van der Waals surface area (Å²) in [5.41, 5.74) is 1.09. The number of aromatic nitrogens is 2. The van der Waals surface area contributed by atoms with Crippen LogP contribution in [0.4, 0.5) is 0 Å². The Hall–Kier alpha value is -2.30. The first-order chi connectivity index (χ1) is 9.79. The number of rotatable bonds is 6. The SMILES string of the molecule is O=C(Cn1ccc(OCc2ccccc2)n1)NC1CC1. The van der Waals surface area contributed by atoms with Crippen LogP contribution in [0.3, 0.4) is 0 Å². The number of hydrogen-bond donors (Lipinski definition) is 1. The number of nitrogens with one attached hydrogen (secondary N) is 1. The van der Waals surface area contributed by atoms with Crippen LogP contribution in [0.1, 0.15) is 18.4 Å². The van der Waals surface area contributed by atoms with Crippen molar-refractivity contribution in [1.82, 2.24) is 15.1 Å². The van der Waals surface area contributed by atoms with E-state index in [2.05, 4.69) is 10.4 Å². The predicted molar refractivity (Wildman–Crippen MR) is 74.2 cm³/mol. The topological polar surface area (TPSA) is 56.2 Å². The Balaban J connectivity index is 1.49. The highest BCUT2D eigenvalue weighted by Crippen LogP contribution is 2.18. The number of carbonyl (C=O) groups is 1. The highest BCUT2D eigenvalue weighted by Gasteiger charge is 2.23. The van der Waals surface area contributed by atoms with Crippen LogP contribution in [0.2, 0.25) is 0 Å². The molecule has 1 amide bonds. The molecule has 1 fully saturated rings. The average Bonchev–Trinajstić information content (AvgIpc) is 3.15. The molecule has 0 unspecified atom stereocenters. The van der Waals surface area contributed by atoms with Gasteiger partial charge in [0.2, 0.25) is 11.8 Å². The second-order valence-corrected chi connectivity index (χ2v) is 4.97. The van der Waals surface area contributed by atoms with Gasteiger partial charge in [-0.3, -0.25) is 9.48 Å². The van der Waals surface area contributed by atoms with Gasteiger partial charge in [-0.25, -0.2) is 0 Å². The molecule has 104 valence electrons. The first-order valence-corrected chi connectivity index (χ1v) is 6.79. The van der Waals surface area contributed by atoms with Crippen LogP contribution in [0.15, 0.2) is 42.6 Å². The highest BCUT2D eigenvalue weighted by molar-refractivity contribution is 5.76. The zero-order chi connectivity index (χ0) is 13.8. The van der Waals surface area contributed by atoms with E-state index in [1.807, 2.05) is 30.3 Å². The van der Waals surface area contributed by atoms with E-state index in [4.69, 9.17) is 4.74 Å². The summed E-state index contributed by atoms with van der Waals surface area (Å²) in [5.74, 6) is 0.540. The third kappa shape index (κ3) is 3.60. The van der Waals surface area contributed by atoms with Crippen molar-refractivity contribution in [3.8, 4) is 5.88 Å². The molecule has 20 heavy (non-hydrogen) atoms. The summed E-state index contributed by atoms with van der Waals surface area (Å²) in [6, 6.07) is 12.1. The third-order valence-corrected chi connectivity index (χ3v) is 3.09. The lowest BCUT2D eigenvalue weighted by molar-refractivity contribution is -0.122. The van der Waals surface area contributed by atoms with Crippen LogP contribution in [0.25, 0.3) is 0 Å². The Kier molecular flexibility index (Phi) is 3.67. The van der Waals surface area contributed by atoms with Crippen molar-refractivity contribution >= 4 is 5.91 Å². The van der Waals surface area contributed by atoms with E-state index < -0.39 is 0 Å². The summed E-state index contributed by atoms with van der Waals surface area (Å²) < 4.78 is 7.18. The summed E-state index contributed by atoms with van der Waals surface area (Å²) in [6.07, 6.45) is 3.94. The molecule has 3 rings (SSSR count). The van der Waals surface area contributed by atoms with Gasteiger partial charge in [-0.15, -0.1) is 5.10 Å². The quantitative estimate of drug-likeness (QED) is 0.870. The Morgan fingerprint density at radius 1 is 1.30 bits per heavy atom. The zero-order valence-corrected chi connectivity index (χ0v) is 11.2. The molecule has 0 spiro atoms. The van der Waals surface area contributed by atoms with Crippen molar-refractivity contribution < 1.29 is 9.53 Å². The van der Waals surface area contributed by atoms with Crippen molar-refractivity contribution in [2.45, 2.75) is 32.0 Å². The van der Waals surface area contributed by atoms with Gasteiger partial charge in [0.25, 0.3) is 0 Å². The average molecular weight is 271 g/mol.